The first-order chi connectivity index (χ1) is 16.5. The van der Waals surface area contributed by atoms with Crippen LogP contribution in [0.2, 0.25) is 0 Å². The molecule has 1 aliphatic heterocycles. The van der Waals surface area contributed by atoms with E-state index in [1.807, 2.05) is 36.0 Å². The molecular weight excluding hydrogens is 433 g/mol. The van der Waals surface area contributed by atoms with Crippen LogP contribution in [0.1, 0.15) is 87.5 Å². The van der Waals surface area contributed by atoms with Gasteiger partial charge in [0.25, 0.3) is 5.91 Å². The molecule has 2 N–H and O–H groups in total. The van der Waals surface area contributed by atoms with E-state index in [0.29, 0.717) is 34.9 Å². The first-order valence-electron chi connectivity index (χ1n) is 12.1. The van der Waals surface area contributed by atoms with Gasteiger partial charge in [0.2, 0.25) is 0 Å². The summed E-state index contributed by atoms with van der Waals surface area (Å²) in [5, 5.41) is 21.8. The Morgan fingerprint density at radius 2 is 2.09 bits per heavy atom. The molecule has 8 nitrogen and oxygen atoms in total. The number of hydrogen-bond acceptors (Lipinski definition) is 5. The zero-order valence-corrected chi connectivity index (χ0v) is 19.6. The maximum absolute atomic E-state index is 15.4. The molecule has 5 rings (SSSR count). The molecule has 0 radical (unpaired) electrons. The molecule has 0 saturated heterocycles. The second-order valence-corrected chi connectivity index (χ2v) is 9.60. The van der Waals surface area contributed by atoms with Crippen LogP contribution < -0.4 is 5.32 Å². The van der Waals surface area contributed by atoms with Crippen LogP contribution in [0.15, 0.2) is 30.5 Å². The monoisotopic (exact) mass is 463 g/mol. The average molecular weight is 464 g/mol. The largest absolute Gasteiger partial charge is 0.342 e. The lowest BCUT2D eigenvalue weighted by atomic mass is 9.79. The third-order valence-corrected chi connectivity index (χ3v) is 7.09. The van der Waals surface area contributed by atoms with Crippen molar-refractivity contribution in [1.29, 1.82) is 0 Å². The van der Waals surface area contributed by atoms with Crippen molar-refractivity contribution in [2.24, 2.45) is 0 Å². The number of aromatic amines is 1. The fraction of sp³-hybridized carbons (Fsp3) is 0.480. The summed E-state index contributed by atoms with van der Waals surface area (Å²) in [7, 11) is 0. The number of aryl methyl sites for hydroxylation is 1. The summed E-state index contributed by atoms with van der Waals surface area (Å²) in [4.78, 5) is 13.4. The van der Waals surface area contributed by atoms with E-state index in [0.717, 1.165) is 44.1 Å². The van der Waals surface area contributed by atoms with Crippen LogP contribution in [0.4, 0.5) is 4.39 Å². The zero-order valence-electron chi connectivity index (χ0n) is 19.6. The van der Waals surface area contributed by atoms with Crippen molar-refractivity contribution in [3.63, 3.8) is 0 Å². The van der Waals surface area contributed by atoms with E-state index in [-0.39, 0.29) is 17.5 Å². The van der Waals surface area contributed by atoms with Gasteiger partial charge < -0.3 is 5.32 Å². The van der Waals surface area contributed by atoms with E-state index in [1.54, 1.807) is 6.07 Å². The quantitative estimate of drug-likeness (QED) is 0.484. The predicted octanol–water partition coefficient (Wildman–Crippen LogP) is 4.34. The van der Waals surface area contributed by atoms with Gasteiger partial charge in [-0.05, 0) is 72.7 Å². The van der Waals surface area contributed by atoms with Crippen molar-refractivity contribution in [3.8, 4) is 0 Å². The van der Waals surface area contributed by atoms with E-state index < -0.39 is 5.54 Å². The first kappa shape index (κ1) is 22.4. The lowest BCUT2D eigenvalue weighted by Crippen LogP contribution is -2.48. The highest BCUT2D eigenvalue weighted by molar-refractivity contribution is 6.27. The Bertz CT molecular complexity index is 1210. The highest BCUT2D eigenvalue weighted by Crippen LogP contribution is 2.42. The highest BCUT2D eigenvalue weighted by Gasteiger charge is 2.41. The van der Waals surface area contributed by atoms with E-state index in [9.17, 15) is 4.79 Å². The third kappa shape index (κ3) is 4.15. The molecule has 1 fully saturated rings. The van der Waals surface area contributed by atoms with Crippen LogP contribution in [0.25, 0.3) is 11.1 Å². The number of benzene rings is 1. The molecule has 1 aromatic carbocycles. The number of aromatic nitrogens is 6. The summed E-state index contributed by atoms with van der Waals surface area (Å²) in [6.45, 7) is 4.01. The predicted molar refractivity (Wildman–Crippen MR) is 126 cm³/mol. The SMILES string of the molecule is CCCCCc1ccc([C@]2(C)CC(c3ccn(C4CCC4)n3)=C(c3nnn[nH]3)C(=O)N2)c(F)c1. The molecule has 9 heteroatoms. The summed E-state index contributed by atoms with van der Waals surface area (Å²) in [5.74, 6) is -0.382. The van der Waals surface area contributed by atoms with E-state index in [2.05, 4.69) is 32.9 Å². The van der Waals surface area contributed by atoms with Crippen LogP contribution in [-0.2, 0) is 16.8 Å². The molecule has 2 aliphatic rings. The van der Waals surface area contributed by atoms with Gasteiger partial charge in [-0.3, -0.25) is 9.48 Å². The van der Waals surface area contributed by atoms with Gasteiger partial charge in [0.15, 0.2) is 5.82 Å². The van der Waals surface area contributed by atoms with E-state index in [1.165, 1.54) is 6.42 Å². The lowest BCUT2D eigenvalue weighted by molar-refractivity contribution is -0.117. The van der Waals surface area contributed by atoms with Gasteiger partial charge in [0.05, 0.1) is 22.8 Å². The van der Waals surface area contributed by atoms with Crippen molar-refractivity contribution in [3.05, 3.63) is 58.9 Å². The van der Waals surface area contributed by atoms with Crippen molar-refractivity contribution in [2.45, 2.75) is 76.8 Å². The van der Waals surface area contributed by atoms with E-state index >= 15 is 4.39 Å². The van der Waals surface area contributed by atoms with Gasteiger partial charge >= 0.3 is 0 Å². The normalized spacial score (nSPS) is 21.0. The van der Waals surface area contributed by atoms with Crippen molar-refractivity contribution in [1.82, 2.24) is 35.7 Å². The number of carbonyl (C=O) groups is 1. The van der Waals surface area contributed by atoms with Gasteiger partial charge in [-0.25, -0.2) is 9.49 Å². The van der Waals surface area contributed by atoms with Gasteiger partial charge in [0, 0.05) is 18.2 Å². The van der Waals surface area contributed by atoms with Gasteiger partial charge in [-0.2, -0.15) is 5.10 Å². The number of hydrogen-bond donors (Lipinski definition) is 2. The standard InChI is InChI=1S/C25H30FN7O/c1-3-4-5-7-16-10-11-19(20(26)14-16)25(2)15-18(21-12-13-33(30-21)17-8-6-9-17)22(24(34)27-25)23-28-31-32-29-23/h10-14,17H,3-9,15H2,1-2H3,(H,27,34)(H,28,29,31,32)/t25-/m0/s1. The van der Waals surface area contributed by atoms with Crippen molar-refractivity contribution in [2.75, 3.05) is 0 Å². The molecule has 0 spiro atoms. The number of amides is 1. The number of nitrogens with zero attached hydrogens (tertiary/aromatic N) is 5. The lowest BCUT2D eigenvalue weighted by Gasteiger charge is -2.37. The minimum Gasteiger partial charge on any atom is -0.342 e. The molecule has 1 saturated carbocycles. The topological polar surface area (TPSA) is 101 Å². The van der Waals surface area contributed by atoms with Gasteiger partial charge in [-0.15, -0.1) is 5.10 Å². The Hall–Kier alpha value is -3.36. The molecule has 3 heterocycles. The molecule has 2 aromatic heterocycles. The van der Waals surface area contributed by atoms with Crippen LogP contribution in [0, 0.1) is 5.82 Å². The molecule has 1 amide bonds. The van der Waals surface area contributed by atoms with Crippen molar-refractivity contribution >= 4 is 17.1 Å². The van der Waals surface area contributed by atoms with Gasteiger partial charge in [-0.1, -0.05) is 31.9 Å². The van der Waals surface area contributed by atoms with Gasteiger partial charge in [0.1, 0.15) is 5.82 Å². The van der Waals surface area contributed by atoms with Crippen LogP contribution >= 0.6 is 0 Å². The summed E-state index contributed by atoms with van der Waals surface area (Å²) in [6, 6.07) is 7.70. The minimum atomic E-state index is -0.935. The Morgan fingerprint density at radius 1 is 1.24 bits per heavy atom. The number of rotatable bonds is 8. The molecule has 1 aliphatic carbocycles. The first-order valence-corrected chi connectivity index (χ1v) is 12.1. The molecule has 0 unspecified atom stereocenters. The molecule has 3 aromatic rings. The second-order valence-electron chi connectivity index (χ2n) is 9.60. The minimum absolute atomic E-state index is 0.277. The van der Waals surface area contributed by atoms with Crippen LogP contribution in [0.5, 0.6) is 0 Å². The molecule has 1 atom stereocenters. The van der Waals surface area contributed by atoms with Crippen LogP contribution in [-0.4, -0.2) is 36.3 Å². The third-order valence-electron chi connectivity index (χ3n) is 7.09. The number of nitrogens with one attached hydrogen (secondary N) is 2. The van der Waals surface area contributed by atoms with Crippen molar-refractivity contribution < 1.29 is 9.18 Å². The zero-order chi connectivity index (χ0) is 23.7. The van der Waals surface area contributed by atoms with E-state index in [4.69, 9.17) is 5.10 Å². The number of tetrazole rings is 1. The maximum atomic E-state index is 15.4. The highest BCUT2D eigenvalue weighted by atomic mass is 19.1. The summed E-state index contributed by atoms with van der Waals surface area (Å²) in [6.07, 6.45) is 9.86. The van der Waals surface area contributed by atoms with Crippen LogP contribution in [0.3, 0.4) is 0 Å². The number of unbranched alkanes of at least 4 members (excludes halogenated alkanes) is 2. The Balaban J connectivity index is 1.52. The molecule has 34 heavy (non-hydrogen) atoms. The number of H-pyrrole nitrogens is 1. The summed E-state index contributed by atoms with van der Waals surface area (Å²) in [5.41, 5.74) is 2.24. The Morgan fingerprint density at radius 3 is 2.76 bits per heavy atom. The smallest absolute Gasteiger partial charge is 0.256 e. The maximum Gasteiger partial charge on any atom is 0.256 e. The second kappa shape index (κ2) is 9.12. The average Bonchev–Trinajstić information content (AvgIpc) is 3.45. The summed E-state index contributed by atoms with van der Waals surface area (Å²) >= 11 is 0. The molecule has 0 bridgehead atoms. The molecular formula is C25H30FN7O. The number of halogens is 1. The summed E-state index contributed by atoms with van der Waals surface area (Å²) < 4.78 is 17.3. The molecule has 178 valence electrons. The Kier molecular flexibility index (Phi) is 6.02. The fourth-order valence-corrected chi connectivity index (χ4v) is 4.93. The fourth-order valence-electron chi connectivity index (χ4n) is 4.93. The Labute approximate surface area is 198 Å². The number of carbonyl (C=O) groups excluding carboxylic acids is 1.